The molecule has 7 nitrogen and oxygen atoms in total. The van der Waals surface area contributed by atoms with Crippen molar-refractivity contribution in [3.05, 3.63) is 16.0 Å². The number of hydrogen-bond acceptors (Lipinski definition) is 7. The van der Waals surface area contributed by atoms with Gasteiger partial charge in [0.25, 0.3) is 0 Å². The van der Waals surface area contributed by atoms with E-state index in [2.05, 4.69) is 5.32 Å². The number of aryl methyl sites for hydroxylation is 1. The molecule has 1 atom stereocenters. The fourth-order valence-electron chi connectivity index (χ4n) is 3.99. The van der Waals surface area contributed by atoms with Crippen LogP contribution in [0, 0.1) is 5.92 Å². The Morgan fingerprint density at radius 3 is 2.75 bits per heavy atom. The summed E-state index contributed by atoms with van der Waals surface area (Å²) in [4.78, 5) is 40.1. The lowest BCUT2D eigenvalue weighted by Gasteiger charge is -2.30. The summed E-state index contributed by atoms with van der Waals surface area (Å²) in [5.74, 6) is -0.934. The van der Waals surface area contributed by atoms with Crippen LogP contribution in [-0.4, -0.2) is 56.1 Å². The number of carbonyl (C=O) groups excluding carboxylic acids is 3. The number of anilines is 1. The number of rotatable bonds is 6. The van der Waals surface area contributed by atoms with Crippen molar-refractivity contribution >= 4 is 34.2 Å². The number of amides is 1. The Balaban J connectivity index is 1.65. The van der Waals surface area contributed by atoms with Crippen LogP contribution in [-0.2, 0) is 31.9 Å². The third kappa shape index (κ3) is 4.72. The Morgan fingerprint density at radius 2 is 2.00 bits per heavy atom. The van der Waals surface area contributed by atoms with Crippen molar-refractivity contribution in [2.24, 2.45) is 5.92 Å². The third-order valence-electron chi connectivity index (χ3n) is 5.31. The maximum absolute atomic E-state index is 12.6. The van der Waals surface area contributed by atoms with Crippen LogP contribution in [0.2, 0.25) is 0 Å². The molecule has 8 heteroatoms. The first-order chi connectivity index (χ1) is 13.5. The predicted molar refractivity (Wildman–Crippen MR) is 107 cm³/mol. The number of nitrogens with one attached hydrogen (secondary N) is 1. The fraction of sp³-hybridized carbons (Fsp3) is 0.650. The first-order valence-electron chi connectivity index (χ1n) is 9.95. The molecular weight excluding hydrogens is 380 g/mol. The summed E-state index contributed by atoms with van der Waals surface area (Å²) in [5, 5.41) is 3.51. The zero-order valence-electron chi connectivity index (χ0n) is 16.5. The van der Waals surface area contributed by atoms with Crippen LogP contribution in [0.15, 0.2) is 0 Å². The monoisotopic (exact) mass is 408 g/mol. The molecule has 0 bridgehead atoms. The highest BCUT2D eigenvalue weighted by atomic mass is 32.1. The van der Waals surface area contributed by atoms with Crippen molar-refractivity contribution in [3.8, 4) is 0 Å². The number of esters is 2. The van der Waals surface area contributed by atoms with Gasteiger partial charge >= 0.3 is 11.9 Å². The lowest BCUT2D eigenvalue weighted by molar-refractivity contribution is -0.150. The van der Waals surface area contributed by atoms with Crippen LogP contribution in [0.25, 0.3) is 0 Å². The molecule has 1 N–H and O–H groups in total. The van der Waals surface area contributed by atoms with Crippen molar-refractivity contribution < 1.29 is 23.9 Å². The summed E-state index contributed by atoms with van der Waals surface area (Å²) in [7, 11) is 1.37. The molecule has 0 aromatic carbocycles. The van der Waals surface area contributed by atoms with Crippen LogP contribution in [0.5, 0.6) is 0 Å². The van der Waals surface area contributed by atoms with E-state index in [4.69, 9.17) is 9.47 Å². The van der Waals surface area contributed by atoms with Gasteiger partial charge in [-0.3, -0.25) is 14.5 Å². The van der Waals surface area contributed by atoms with E-state index in [-0.39, 0.29) is 24.3 Å². The summed E-state index contributed by atoms with van der Waals surface area (Å²) >= 11 is 1.48. The highest BCUT2D eigenvalue weighted by Crippen LogP contribution is 2.38. The SMILES string of the molecule is CCOC(=O)C1CCCN(CC(=O)Nc2sc3c(c2C(=O)OC)CCCC3)C1. The number of ether oxygens (including phenoxy) is 2. The molecule has 0 saturated carbocycles. The van der Waals surface area contributed by atoms with Gasteiger partial charge in [-0.05, 0) is 57.6 Å². The van der Waals surface area contributed by atoms with Crippen molar-refractivity contribution in [2.45, 2.75) is 45.4 Å². The third-order valence-corrected chi connectivity index (χ3v) is 6.51. The second-order valence-corrected chi connectivity index (χ2v) is 8.39. The Hall–Kier alpha value is -1.93. The average Bonchev–Trinajstić information content (AvgIpc) is 3.05. The molecule has 1 aromatic rings. The molecule has 0 radical (unpaired) electrons. The van der Waals surface area contributed by atoms with E-state index in [9.17, 15) is 14.4 Å². The Bertz CT molecular complexity index is 745. The van der Waals surface area contributed by atoms with Gasteiger partial charge in [-0.2, -0.15) is 0 Å². The topological polar surface area (TPSA) is 84.9 Å². The summed E-state index contributed by atoms with van der Waals surface area (Å²) in [5.41, 5.74) is 1.54. The fourth-order valence-corrected chi connectivity index (χ4v) is 5.29. The maximum atomic E-state index is 12.6. The highest BCUT2D eigenvalue weighted by Gasteiger charge is 2.30. The normalized spacial score (nSPS) is 19.6. The van der Waals surface area contributed by atoms with E-state index in [1.807, 2.05) is 4.90 Å². The summed E-state index contributed by atoms with van der Waals surface area (Å²) in [6, 6.07) is 0. The van der Waals surface area contributed by atoms with Gasteiger partial charge in [0.05, 0.1) is 31.7 Å². The molecule has 2 heterocycles. The predicted octanol–water partition coefficient (Wildman–Crippen LogP) is 2.63. The number of hydrogen-bond donors (Lipinski definition) is 1. The van der Waals surface area contributed by atoms with Crippen molar-refractivity contribution in [2.75, 3.05) is 38.7 Å². The van der Waals surface area contributed by atoms with Gasteiger partial charge in [0, 0.05) is 11.4 Å². The smallest absolute Gasteiger partial charge is 0.341 e. The minimum atomic E-state index is -0.393. The van der Waals surface area contributed by atoms with Crippen LogP contribution in [0.1, 0.15) is 53.4 Å². The second kappa shape index (κ2) is 9.52. The molecule has 154 valence electrons. The maximum Gasteiger partial charge on any atom is 0.341 e. The Morgan fingerprint density at radius 1 is 1.21 bits per heavy atom. The lowest BCUT2D eigenvalue weighted by Crippen LogP contribution is -2.43. The summed E-state index contributed by atoms with van der Waals surface area (Å²) in [6.07, 6.45) is 5.58. The molecule has 1 unspecified atom stereocenters. The molecule has 3 rings (SSSR count). The van der Waals surface area contributed by atoms with Crippen LogP contribution < -0.4 is 5.32 Å². The first-order valence-corrected chi connectivity index (χ1v) is 10.8. The van der Waals surface area contributed by atoms with E-state index in [1.54, 1.807) is 6.92 Å². The van der Waals surface area contributed by atoms with Gasteiger partial charge in [0.15, 0.2) is 0 Å². The van der Waals surface area contributed by atoms with Gasteiger partial charge in [-0.15, -0.1) is 11.3 Å². The van der Waals surface area contributed by atoms with Gasteiger partial charge in [0.2, 0.25) is 5.91 Å². The largest absolute Gasteiger partial charge is 0.466 e. The molecule has 1 saturated heterocycles. The molecule has 1 fully saturated rings. The minimum Gasteiger partial charge on any atom is -0.466 e. The number of likely N-dealkylation sites (tertiary alicyclic amines) is 1. The Kier molecular flexibility index (Phi) is 7.07. The highest BCUT2D eigenvalue weighted by molar-refractivity contribution is 7.17. The molecule has 28 heavy (non-hydrogen) atoms. The standard InChI is InChI=1S/C20H28N2O5S/c1-3-27-19(24)13-7-6-10-22(11-13)12-16(23)21-18-17(20(25)26-2)14-8-4-5-9-15(14)28-18/h13H,3-12H2,1-2H3,(H,21,23). The zero-order chi connectivity index (χ0) is 20.1. The quantitative estimate of drug-likeness (QED) is 0.729. The number of thiophene rings is 1. The first kappa shape index (κ1) is 20.8. The number of fused-ring (bicyclic) bond motifs is 1. The molecule has 0 spiro atoms. The minimum absolute atomic E-state index is 0.173. The number of carbonyl (C=O) groups is 3. The molecule has 1 aromatic heterocycles. The molecule has 1 amide bonds. The summed E-state index contributed by atoms with van der Waals surface area (Å²) < 4.78 is 10.1. The molecule has 1 aliphatic carbocycles. The van der Waals surface area contributed by atoms with E-state index in [0.29, 0.717) is 23.7 Å². The van der Waals surface area contributed by atoms with E-state index >= 15 is 0 Å². The van der Waals surface area contributed by atoms with E-state index in [0.717, 1.165) is 50.6 Å². The van der Waals surface area contributed by atoms with Crippen molar-refractivity contribution in [1.29, 1.82) is 0 Å². The average molecular weight is 409 g/mol. The molecule has 1 aliphatic heterocycles. The molecular formula is C20H28N2O5S. The molecule has 2 aliphatic rings. The summed E-state index contributed by atoms with van der Waals surface area (Å²) in [6.45, 7) is 3.66. The second-order valence-electron chi connectivity index (χ2n) is 7.28. The van der Waals surface area contributed by atoms with E-state index < -0.39 is 5.97 Å². The zero-order valence-corrected chi connectivity index (χ0v) is 17.4. The number of piperidine rings is 1. The van der Waals surface area contributed by atoms with Gasteiger partial charge < -0.3 is 14.8 Å². The van der Waals surface area contributed by atoms with E-state index in [1.165, 1.54) is 23.3 Å². The van der Waals surface area contributed by atoms with Crippen LogP contribution >= 0.6 is 11.3 Å². The van der Waals surface area contributed by atoms with Crippen molar-refractivity contribution in [1.82, 2.24) is 4.90 Å². The number of nitrogens with zero attached hydrogens (tertiary/aromatic N) is 1. The number of methoxy groups -OCH3 is 1. The van der Waals surface area contributed by atoms with Gasteiger partial charge in [-0.25, -0.2) is 4.79 Å². The van der Waals surface area contributed by atoms with Gasteiger partial charge in [0.1, 0.15) is 5.00 Å². The van der Waals surface area contributed by atoms with Crippen molar-refractivity contribution in [3.63, 3.8) is 0 Å². The lowest BCUT2D eigenvalue weighted by atomic mass is 9.95. The Labute approximate surface area is 169 Å². The van der Waals surface area contributed by atoms with Gasteiger partial charge in [-0.1, -0.05) is 0 Å². The van der Waals surface area contributed by atoms with Crippen LogP contribution in [0.4, 0.5) is 5.00 Å². The van der Waals surface area contributed by atoms with Crippen LogP contribution in [0.3, 0.4) is 0 Å².